The van der Waals surface area contributed by atoms with Crippen LogP contribution in [0, 0.1) is 6.92 Å². The van der Waals surface area contributed by atoms with Gasteiger partial charge in [0.25, 0.3) is 5.91 Å². The van der Waals surface area contributed by atoms with Gasteiger partial charge in [0.05, 0.1) is 12.7 Å². The summed E-state index contributed by atoms with van der Waals surface area (Å²) in [5, 5.41) is 9.85. The highest BCUT2D eigenvalue weighted by atomic mass is 16.5. The summed E-state index contributed by atoms with van der Waals surface area (Å²) in [7, 11) is 3.23. The lowest BCUT2D eigenvalue weighted by Gasteiger charge is -2.18. The lowest BCUT2D eigenvalue weighted by atomic mass is 10.1. The number of carbonyl (C=O) groups excluding carboxylic acids is 1. The minimum Gasteiger partial charge on any atom is -0.507 e. The maximum absolute atomic E-state index is 12.4. The Morgan fingerprint density at radius 1 is 1.19 bits per heavy atom. The third kappa shape index (κ3) is 3.54. The van der Waals surface area contributed by atoms with E-state index in [1.807, 2.05) is 31.2 Å². The molecule has 4 nitrogen and oxygen atoms in total. The molecule has 0 aliphatic carbocycles. The maximum Gasteiger partial charge on any atom is 0.257 e. The van der Waals surface area contributed by atoms with Crippen LogP contribution in [0.3, 0.4) is 0 Å². The minimum absolute atomic E-state index is 0.0449. The Balaban J connectivity index is 2.17. The average molecular weight is 285 g/mol. The molecule has 2 aromatic carbocycles. The van der Waals surface area contributed by atoms with Crippen LogP contribution in [0.4, 0.5) is 0 Å². The number of phenols is 1. The molecule has 2 aromatic rings. The van der Waals surface area contributed by atoms with Crippen molar-refractivity contribution in [3.05, 3.63) is 59.2 Å². The Morgan fingerprint density at radius 3 is 2.48 bits per heavy atom. The monoisotopic (exact) mass is 285 g/mol. The molecule has 0 atom stereocenters. The molecule has 110 valence electrons. The van der Waals surface area contributed by atoms with Gasteiger partial charge in [0.1, 0.15) is 11.5 Å². The van der Waals surface area contributed by atoms with Crippen molar-refractivity contribution in [3.8, 4) is 11.5 Å². The summed E-state index contributed by atoms with van der Waals surface area (Å²) in [5.41, 5.74) is 2.46. The number of benzene rings is 2. The zero-order chi connectivity index (χ0) is 15.4. The number of ether oxygens (including phenoxy) is 1. The summed E-state index contributed by atoms with van der Waals surface area (Å²) in [5.74, 6) is 0.253. The largest absolute Gasteiger partial charge is 0.507 e. The van der Waals surface area contributed by atoms with Gasteiger partial charge in [0.2, 0.25) is 0 Å². The zero-order valence-corrected chi connectivity index (χ0v) is 12.5. The van der Waals surface area contributed by atoms with Gasteiger partial charge in [-0.1, -0.05) is 29.8 Å². The van der Waals surface area contributed by atoms with Crippen molar-refractivity contribution in [3.63, 3.8) is 0 Å². The second-order valence-corrected chi connectivity index (χ2v) is 5.03. The van der Waals surface area contributed by atoms with Gasteiger partial charge in [-0.15, -0.1) is 0 Å². The van der Waals surface area contributed by atoms with E-state index in [9.17, 15) is 9.90 Å². The first-order chi connectivity index (χ1) is 10.0. The maximum atomic E-state index is 12.4. The van der Waals surface area contributed by atoms with Gasteiger partial charge >= 0.3 is 0 Å². The van der Waals surface area contributed by atoms with Crippen molar-refractivity contribution in [2.24, 2.45) is 0 Å². The zero-order valence-electron chi connectivity index (χ0n) is 12.5. The molecular weight excluding hydrogens is 266 g/mol. The smallest absolute Gasteiger partial charge is 0.257 e. The second kappa shape index (κ2) is 6.31. The van der Waals surface area contributed by atoms with E-state index in [0.29, 0.717) is 12.3 Å². The number of methoxy groups -OCH3 is 1. The van der Waals surface area contributed by atoms with Crippen LogP contribution in [0.1, 0.15) is 21.5 Å². The Bertz CT molecular complexity index is 635. The van der Waals surface area contributed by atoms with Gasteiger partial charge in [-0.05, 0) is 30.7 Å². The summed E-state index contributed by atoms with van der Waals surface area (Å²) in [6, 6.07) is 12.6. The molecule has 0 radical (unpaired) electrons. The Hall–Kier alpha value is -2.49. The normalized spacial score (nSPS) is 10.2. The molecular formula is C17H19NO3. The van der Waals surface area contributed by atoms with Gasteiger partial charge < -0.3 is 14.7 Å². The first-order valence-corrected chi connectivity index (χ1v) is 6.69. The highest BCUT2D eigenvalue weighted by molar-refractivity contribution is 5.97. The van der Waals surface area contributed by atoms with Gasteiger partial charge in [0, 0.05) is 13.6 Å². The molecule has 0 saturated carbocycles. The minimum atomic E-state index is -0.244. The van der Waals surface area contributed by atoms with Crippen LogP contribution in [-0.2, 0) is 6.54 Å². The lowest BCUT2D eigenvalue weighted by Crippen LogP contribution is -2.26. The van der Waals surface area contributed by atoms with Crippen LogP contribution in [0.2, 0.25) is 0 Å². The standard InChI is InChI=1S/C17H19NO3/c1-12-4-6-13(7-5-12)11-18(2)17(20)15-10-14(21-3)8-9-16(15)19/h4-10,19H,11H2,1-3H3. The number of hydrogen-bond donors (Lipinski definition) is 1. The SMILES string of the molecule is COc1ccc(O)c(C(=O)N(C)Cc2ccc(C)cc2)c1. The Kier molecular flexibility index (Phi) is 4.48. The van der Waals surface area contributed by atoms with Crippen LogP contribution >= 0.6 is 0 Å². The van der Waals surface area contributed by atoms with Crippen molar-refractivity contribution >= 4 is 5.91 Å². The van der Waals surface area contributed by atoms with E-state index in [1.165, 1.54) is 18.7 Å². The van der Waals surface area contributed by atoms with E-state index in [2.05, 4.69) is 0 Å². The van der Waals surface area contributed by atoms with Crippen LogP contribution in [-0.4, -0.2) is 30.1 Å². The van der Waals surface area contributed by atoms with Crippen molar-refractivity contribution < 1.29 is 14.6 Å². The third-order valence-corrected chi connectivity index (χ3v) is 3.32. The fraction of sp³-hybridized carbons (Fsp3) is 0.235. The molecule has 0 unspecified atom stereocenters. The first-order valence-electron chi connectivity index (χ1n) is 6.69. The van der Waals surface area contributed by atoms with E-state index in [1.54, 1.807) is 24.1 Å². The molecule has 0 aliphatic rings. The van der Waals surface area contributed by atoms with Crippen LogP contribution in [0.5, 0.6) is 11.5 Å². The number of carbonyl (C=O) groups is 1. The number of aromatic hydroxyl groups is 1. The predicted molar refractivity (Wildman–Crippen MR) is 81.6 cm³/mol. The molecule has 4 heteroatoms. The Morgan fingerprint density at radius 2 is 1.86 bits per heavy atom. The average Bonchev–Trinajstić information content (AvgIpc) is 2.49. The molecule has 1 amide bonds. The number of amides is 1. The Labute approximate surface area is 124 Å². The quantitative estimate of drug-likeness (QED) is 0.939. The van der Waals surface area contributed by atoms with E-state index in [-0.39, 0.29) is 17.2 Å². The highest BCUT2D eigenvalue weighted by Gasteiger charge is 2.17. The van der Waals surface area contributed by atoms with Crippen LogP contribution in [0.15, 0.2) is 42.5 Å². The molecule has 1 N–H and O–H groups in total. The van der Waals surface area contributed by atoms with E-state index >= 15 is 0 Å². The molecule has 21 heavy (non-hydrogen) atoms. The summed E-state index contributed by atoms with van der Waals surface area (Å²) in [4.78, 5) is 14.0. The molecule has 0 saturated heterocycles. The summed E-state index contributed by atoms with van der Waals surface area (Å²) >= 11 is 0. The van der Waals surface area contributed by atoms with Crippen molar-refractivity contribution in [2.75, 3.05) is 14.2 Å². The van der Waals surface area contributed by atoms with Crippen molar-refractivity contribution in [1.29, 1.82) is 0 Å². The van der Waals surface area contributed by atoms with Gasteiger partial charge in [-0.3, -0.25) is 4.79 Å². The summed E-state index contributed by atoms with van der Waals surface area (Å²) in [6.07, 6.45) is 0. The van der Waals surface area contributed by atoms with E-state index in [0.717, 1.165) is 5.56 Å². The highest BCUT2D eigenvalue weighted by Crippen LogP contribution is 2.24. The fourth-order valence-corrected chi connectivity index (χ4v) is 2.06. The second-order valence-electron chi connectivity index (χ2n) is 5.03. The molecule has 0 spiro atoms. The molecule has 2 rings (SSSR count). The molecule has 0 heterocycles. The topological polar surface area (TPSA) is 49.8 Å². The van der Waals surface area contributed by atoms with Gasteiger partial charge in [-0.2, -0.15) is 0 Å². The third-order valence-electron chi connectivity index (χ3n) is 3.32. The summed E-state index contributed by atoms with van der Waals surface area (Å²) < 4.78 is 5.09. The number of aryl methyl sites for hydroxylation is 1. The lowest BCUT2D eigenvalue weighted by molar-refractivity contribution is 0.0781. The van der Waals surface area contributed by atoms with Crippen LogP contribution in [0.25, 0.3) is 0 Å². The number of phenolic OH excluding ortho intramolecular Hbond substituents is 1. The van der Waals surface area contributed by atoms with E-state index < -0.39 is 0 Å². The van der Waals surface area contributed by atoms with Crippen LogP contribution < -0.4 is 4.74 Å². The number of hydrogen-bond acceptors (Lipinski definition) is 3. The number of nitrogens with zero attached hydrogens (tertiary/aromatic N) is 1. The molecule has 0 bridgehead atoms. The molecule has 0 aromatic heterocycles. The van der Waals surface area contributed by atoms with Crippen molar-refractivity contribution in [1.82, 2.24) is 4.90 Å². The predicted octanol–water partition coefficient (Wildman–Crippen LogP) is 2.98. The van der Waals surface area contributed by atoms with E-state index in [4.69, 9.17) is 4.74 Å². The summed E-state index contributed by atoms with van der Waals surface area (Å²) in [6.45, 7) is 2.50. The first kappa shape index (κ1) is 14.9. The fourth-order valence-electron chi connectivity index (χ4n) is 2.06. The van der Waals surface area contributed by atoms with Gasteiger partial charge in [-0.25, -0.2) is 0 Å². The number of rotatable bonds is 4. The van der Waals surface area contributed by atoms with Gasteiger partial charge in [0.15, 0.2) is 0 Å². The molecule has 0 aliphatic heterocycles. The molecule has 0 fully saturated rings. The van der Waals surface area contributed by atoms with Crippen molar-refractivity contribution in [2.45, 2.75) is 13.5 Å².